The predicted octanol–water partition coefficient (Wildman–Crippen LogP) is 4.83. The van der Waals surface area contributed by atoms with E-state index in [-0.39, 0.29) is 11.5 Å². The van der Waals surface area contributed by atoms with Gasteiger partial charge in [-0.25, -0.2) is 0 Å². The van der Waals surface area contributed by atoms with Gasteiger partial charge in [0.2, 0.25) is 0 Å². The lowest BCUT2D eigenvalue weighted by Gasteiger charge is -2.32. The van der Waals surface area contributed by atoms with Crippen LogP contribution in [0.4, 0.5) is 0 Å². The largest absolute Gasteiger partial charge is 0.490 e. The van der Waals surface area contributed by atoms with E-state index in [1.165, 1.54) is 25.7 Å². The second-order valence-corrected chi connectivity index (χ2v) is 6.88. The second-order valence-electron chi connectivity index (χ2n) is 6.03. The van der Waals surface area contributed by atoms with E-state index >= 15 is 0 Å². The van der Waals surface area contributed by atoms with Crippen molar-refractivity contribution in [3.8, 4) is 11.5 Å². The maximum Gasteiger partial charge on any atom is 0.162 e. The molecule has 0 bridgehead atoms. The minimum atomic E-state index is 0.0178. The van der Waals surface area contributed by atoms with E-state index in [1.807, 2.05) is 26.0 Å². The maximum atomic E-state index is 6.60. The van der Waals surface area contributed by atoms with Gasteiger partial charge in [-0.3, -0.25) is 0 Å². The average Bonchev–Trinajstić information content (AvgIpc) is 2.89. The fourth-order valence-corrected chi connectivity index (χ4v) is 3.76. The van der Waals surface area contributed by atoms with Crippen LogP contribution in [0.1, 0.15) is 58.1 Å². The van der Waals surface area contributed by atoms with Crippen LogP contribution in [0.25, 0.3) is 0 Å². The van der Waals surface area contributed by atoms with Crippen molar-refractivity contribution in [1.82, 2.24) is 0 Å². The smallest absolute Gasteiger partial charge is 0.162 e. The standard InChI is InChI=1S/C17H26BrNO2/c1-4-20-14-10-12(13(18)11-15(14)21-5-2)16(19)17(3)8-6-7-9-17/h10-11,16H,4-9,19H2,1-3H3. The zero-order valence-corrected chi connectivity index (χ0v) is 14.8. The Morgan fingerprint density at radius 3 is 2.19 bits per heavy atom. The van der Waals surface area contributed by atoms with Gasteiger partial charge in [0.15, 0.2) is 11.5 Å². The summed E-state index contributed by atoms with van der Waals surface area (Å²) >= 11 is 3.66. The zero-order valence-electron chi connectivity index (χ0n) is 13.2. The summed E-state index contributed by atoms with van der Waals surface area (Å²) in [5.41, 5.74) is 7.89. The Morgan fingerprint density at radius 1 is 1.14 bits per heavy atom. The van der Waals surface area contributed by atoms with Crippen LogP contribution >= 0.6 is 15.9 Å². The first-order valence-corrected chi connectivity index (χ1v) is 8.65. The summed E-state index contributed by atoms with van der Waals surface area (Å²) in [7, 11) is 0. The zero-order chi connectivity index (χ0) is 15.5. The molecule has 0 aromatic heterocycles. The molecule has 1 aliphatic carbocycles. The van der Waals surface area contributed by atoms with Crippen molar-refractivity contribution in [3.05, 3.63) is 22.2 Å². The first-order valence-electron chi connectivity index (χ1n) is 7.86. The van der Waals surface area contributed by atoms with E-state index in [9.17, 15) is 0 Å². The Kier molecular flexibility index (Phi) is 5.55. The minimum Gasteiger partial charge on any atom is -0.490 e. The van der Waals surface area contributed by atoms with E-state index in [4.69, 9.17) is 15.2 Å². The van der Waals surface area contributed by atoms with Crippen LogP contribution in [-0.2, 0) is 0 Å². The summed E-state index contributed by atoms with van der Waals surface area (Å²) in [6.07, 6.45) is 4.93. The molecule has 2 rings (SSSR count). The van der Waals surface area contributed by atoms with Gasteiger partial charge in [0.1, 0.15) is 0 Å². The first kappa shape index (κ1) is 16.6. The van der Waals surface area contributed by atoms with E-state index in [1.54, 1.807) is 0 Å². The van der Waals surface area contributed by atoms with Crippen molar-refractivity contribution < 1.29 is 9.47 Å². The number of hydrogen-bond donors (Lipinski definition) is 1. The number of ether oxygens (including phenoxy) is 2. The van der Waals surface area contributed by atoms with Crippen LogP contribution in [0.5, 0.6) is 11.5 Å². The Hall–Kier alpha value is -0.740. The Bertz CT molecular complexity index is 484. The molecule has 1 aliphatic rings. The summed E-state index contributed by atoms with van der Waals surface area (Å²) in [6.45, 7) is 7.50. The molecule has 4 heteroatoms. The van der Waals surface area contributed by atoms with Crippen LogP contribution in [-0.4, -0.2) is 13.2 Å². The average molecular weight is 356 g/mol. The SMILES string of the molecule is CCOc1cc(Br)c(C(N)C2(C)CCCC2)cc1OCC. The van der Waals surface area contributed by atoms with Crippen LogP contribution in [0.3, 0.4) is 0 Å². The molecule has 0 radical (unpaired) electrons. The summed E-state index contributed by atoms with van der Waals surface area (Å²) in [5.74, 6) is 1.56. The van der Waals surface area contributed by atoms with Crippen molar-refractivity contribution in [1.29, 1.82) is 0 Å². The lowest BCUT2D eigenvalue weighted by molar-refractivity contribution is 0.261. The van der Waals surface area contributed by atoms with Crippen molar-refractivity contribution >= 4 is 15.9 Å². The van der Waals surface area contributed by atoms with E-state index in [0.717, 1.165) is 21.5 Å². The highest BCUT2D eigenvalue weighted by Gasteiger charge is 2.36. The van der Waals surface area contributed by atoms with E-state index < -0.39 is 0 Å². The highest BCUT2D eigenvalue weighted by Crippen LogP contribution is 2.48. The van der Waals surface area contributed by atoms with Gasteiger partial charge < -0.3 is 15.2 Å². The van der Waals surface area contributed by atoms with Gasteiger partial charge in [0.25, 0.3) is 0 Å². The van der Waals surface area contributed by atoms with E-state index in [2.05, 4.69) is 22.9 Å². The third-order valence-electron chi connectivity index (χ3n) is 4.49. The molecule has 0 aliphatic heterocycles. The number of nitrogens with two attached hydrogens (primary N) is 1. The van der Waals surface area contributed by atoms with Crippen LogP contribution in [0.2, 0.25) is 0 Å². The van der Waals surface area contributed by atoms with Gasteiger partial charge in [0.05, 0.1) is 13.2 Å². The molecular weight excluding hydrogens is 330 g/mol. The summed E-state index contributed by atoms with van der Waals surface area (Å²) in [5, 5.41) is 0. The molecule has 3 nitrogen and oxygen atoms in total. The predicted molar refractivity (Wildman–Crippen MR) is 90.0 cm³/mol. The number of hydrogen-bond acceptors (Lipinski definition) is 3. The lowest BCUT2D eigenvalue weighted by Crippen LogP contribution is -2.29. The Morgan fingerprint density at radius 2 is 1.67 bits per heavy atom. The molecule has 2 N–H and O–H groups in total. The van der Waals surface area contributed by atoms with Crippen LogP contribution < -0.4 is 15.2 Å². The van der Waals surface area contributed by atoms with Crippen molar-refractivity contribution in [3.63, 3.8) is 0 Å². The van der Waals surface area contributed by atoms with Crippen molar-refractivity contribution in [2.24, 2.45) is 11.1 Å². The topological polar surface area (TPSA) is 44.5 Å². The van der Waals surface area contributed by atoms with Gasteiger partial charge in [0, 0.05) is 10.5 Å². The minimum absolute atomic E-state index is 0.0178. The number of rotatable bonds is 6. The highest BCUT2D eigenvalue weighted by molar-refractivity contribution is 9.10. The number of halogens is 1. The molecule has 0 spiro atoms. The normalized spacial score (nSPS) is 18.5. The molecule has 1 fully saturated rings. The van der Waals surface area contributed by atoms with Gasteiger partial charge >= 0.3 is 0 Å². The van der Waals surface area contributed by atoms with Gasteiger partial charge in [-0.2, -0.15) is 0 Å². The molecule has 1 unspecified atom stereocenters. The molecule has 1 aromatic rings. The lowest BCUT2D eigenvalue weighted by atomic mass is 9.78. The van der Waals surface area contributed by atoms with Gasteiger partial charge in [-0.15, -0.1) is 0 Å². The van der Waals surface area contributed by atoms with Crippen LogP contribution in [0.15, 0.2) is 16.6 Å². The fraction of sp³-hybridized carbons (Fsp3) is 0.647. The molecule has 1 atom stereocenters. The molecule has 1 aromatic carbocycles. The summed E-state index contributed by atoms with van der Waals surface area (Å²) in [4.78, 5) is 0. The summed E-state index contributed by atoms with van der Waals surface area (Å²) in [6, 6.07) is 4.05. The van der Waals surface area contributed by atoms with Crippen LogP contribution in [0, 0.1) is 5.41 Å². The molecular formula is C17H26BrNO2. The Balaban J connectivity index is 2.36. The first-order chi connectivity index (χ1) is 10.0. The molecule has 21 heavy (non-hydrogen) atoms. The van der Waals surface area contributed by atoms with E-state index in [0.29, 0.717) is 13.2 Å². The second kappa shape index (κ2) is 7.01. The fourth-order valence-electron chi connectivity index (χ4n) is 3.19. The number of benzene rings is 1. The highest BCUT2D eigenvalue weighted by atomic mass is 79.9. The molecule has 118 valence electrons. The molecule has 0 saturated heterocycles. The third-order valence-corrected chi connectivity index (χ3v) is 5.18. The quantitative estimate of drug-likeness (QED) is 0.794. The van der Waals surface area contributed by atoms with Crippen molar-refractivity contribution in [2.45, 2.75) is 52.5 Å². The van der Waals surface area contributed by atoms with Gasteiger partial charge in [-0.05, 0) is 49.8 Å². The third kappa shape index (κ3) is 3.54. The summed E-state index contributed by atoms with van der Waals surface area (Å²) < 4.78 is 12.4. The molecule has 0 heterocycles. The van der Waals surface area contributed by atoms with Gasteiger partial charge in [-0.1, -0.05) is 35.7 Å². The molecule has 1 saturated carbocycles. The van der Waals surface area contributed by atoms with Crippen molar-refractivity contribution in [2.75, 3.05) is 13.2 Å². The molecule has 0 amide bonds. The Labute approximate surface area is 136 Å². The monoisotopic (exact) mass is 355 g/mol. The maximum absolute atomic E-state index is 6.60.